The van der Waals surface area contributed by atoms with E-state index >= 15 is 0 Å². The average Bonchev–Trinajstić information content (AvgIpc) is 2.12. The molecule has 1 amide bonds. The smallest absolute Gasteiger partial charge is 0.325 e. The first-order valence-electron chi connectivity index (χ1n) is 4.98. The molecule has 96 valence electrons. The van der Waals surface area contributed by atoms with E-state index in [-0.39, 0.29) is 30.3 Å². The lowest BCUT2D eigenvalue weighted by atomic mass is 9.87. The Hall–Kier alpha value is -0.810. The van der Waals surface area contributed by atoms with Gasteiger partial charge in [0, 0.05) is 0 Å². The Morgan fingerprint density at radius 2 is 1.88 bits per heavy atom. The Balaban J connectivity index is 0. The summed E-state index contributed by atoms with van der Waals surface area (Å²) in [6, 6.07) is -0.632. The summed E-state index contributed by atoms with van der Waals surface area (Å²) in [5.74, 6) is -0.789. The maximum Gasteiger partial charge on any atom is 0.325 e. The summed E-state index contributed by atoms with van der Waals surface area (Å²) in [7, 11) is 0. The molecule has 0 spiro atoms. The fourth-order valence-electron chi connectivity index (χ4n) is 0.875. The van der Waals surface area contributed by atoms with Crippen LogP contribution in [0.1, 0.15) is 27.7 Å². The van der Waals surface area contributed by atoms with Crippen LogP contribution < -0.4 is 11.1 Å². The molecule has 3 N–H and O–H groups in total. The molecule has 0 aliphatic rings. The van der Waals surface area contributed by atoms with E-state index in [9.17, 15) is 9.59 Å². The summed E-state index contributed by atoms with van der Waals surface area (Å²) < 4.78 is 4.66. The number of nitrogens with one attached hydrogen (secondary N) is 1. The highest BCUT2D eigenvalue weighted by atomic mass is 35.5. The zero-order valence-corrected chi connectivity index (χ0v) is 11.0. The molecule has 0 heterocycles. The van der Waals surface area contributed by atoms with Crippen molar-refractivity contribution in [2.24, 2.45) is 11.1 Å². The summed E-state index contributed by atoms with van der Waals surface area (Å²) in [5.41, 5.74) is 5.37. The third-order valence-electron chi connectivity index (χ3n) is 1.93. The van der Waals surface area contributed by atoms with E-state index < -0.39 is 12.0 Å². The number of ether oxygens (including phenoxy) is 1. The van der Waals surface area contributed by atoms with Crippen LogP contribution in [-0.4, -0.2) is 31.1 Å². The zero-order chi connectivity index (χ0) is 12.1. The van der Waals surface area contributed by atoms with E-state index in [2.05, 4.69) is 10.1 Å². The highest BCUT2D eigenvalue weighted by Crippen LogP contribution is 2.16. The van der Waals surface area contributed by atoms with Crippen LogP contribution in [0.4, 0.5) is 0 Å². The first-order valence-corrected chi connectivity index (χ1v) is 4.98. The van der Waals surface area contributed by atoms with Gasteiger partial charge in [0.2, 0.25) is 5.91 Å². The standard InChI is InChI=1S/C10H20N2O3.ClH/c1-5-15-7(13)6-12-9(14)8(11)10(2,3)4;/h8H,5-6,11H2,1-4H3,(H,12,14);1H/t8-;/m1./s1. The third-order valence-corrected chi connectivity index (χ3v) is 1.93. The molecule has 0 aromatic rings. The summed E-state index contributed by atoms with van der Waals surface area (Å²) in [6.45, 7) is 7.47. The van der Waals surface area contributed by atoms with Crippen molar-refractivity contribution in [1.82, 2.24) is 5.32 Å². The lowest BCUT2D eigenvalue weighted by Crippen LogP contribution is -2.49. The summed E-state index contributed by atoms with van der Waals surface area (Å²) in [6.07, 6.45) is 0. The number of halogens is 1. The van der Waals surface area contributed by atoms with E-state index in [1.165, 1.54) is 0 Å². The maximum atomic E-state index is 11.5. The Kier molecular flexibility index (Phi) is 8.20. The predicted molar refractivity (Wildman–Crippen MR) is 64.3 cm³/mol. The number of hydrogen-bond acceptors (Lipinski definition) is 4. The van der Waals surface area contributed by atoms with Crippen molar-refractivity contribution in [1.29, 1.82) is 0 Å². The van der Waals surface area contributed by atoms with Crippen molar-refractivity contribution in [3.63, 3.8) is 0 Å². The number of esters is 1. The molecular weight excluding hydrogens is 232 g/mol. The van der Waals surface area contributed by atoms with E-state index in [4.69, 9.17) is 5.73 Å². The van der Waals surface area contributed by atoms with Crippen LogP contribution in [0, 0.1) is 5.41 Å². The second-order valence-electron chi connectivity index (χ2n) is 4.37. The number of rotatable bonds is 4. The van der Waals surface area contributed by atoms with E-state index in [0.29, 0.717) is 6.61 Å². The Labute approximate surface area is 103 Å². The number of nitrogens with two attached hydrogens (primary N) is 1. The Morgan fingerprint density at radius 1 is 1.38 bits per heavy atom. The highest BCUT2D eigenvalue weighted by molar-refractivity contribution is 5.86. The van der Waals surface area contributed by atoms with Crippen LogP contribution in [0.3, 0.4) is 0 Å². The second kappa shape index (κ2) is 7.46. The van der Waals surface area contributed by atoms with Crippen LogP contribution in [0.5, 0.6) is 0 Å². The van der Waals surface area contributed by atoms with Crippen LogP contribution in [-0.2, 0) is 14.3 Å². The van der Waals surface area contributed by atoms with Crippen molar-refractivity contribution < 1.29 is 14.3 Å². The molecule has 0 aliphatic heterocycles. The molecule has 0 fully saturated rings. The molecule has 0 aliphatic carbocycles. The van der Waals surface area contributed by atoms with E-state index in [1.807, 2.05) is 20.8 Å². The third kappa shape index (κ3) is 6.63. The SMILES string of the molecule is CCOC(=O)CNC(=O)[C@@H](N)C(C)(C)C.Cl. The van der Waals surface area contributed by atoms with Gasteiger partial charge in [0.1, 0.15) is 6.54 Å². The van der Waals surface area contributed by atoms with Gasteiger partial charge < -0.3 is 15.8 Å². The lowest BCUT2D eigenvalue weighted by molar-refractivity contribution is -0.143. The first kappa shape index (κ1) is 17.6. The largest absolute Gasteiger partial charge is 0.465 e. The minimum atomic E-state index is -0.632. The van der Waals surface area contributed by atoms with Crippen LogP contribution in [0.25, 0.3) is 0 Å². The predicted octanol–water partition coefficient (Wildman–Crippen LogP) is 0.461. The summed E-state index contributed by atoms with van der Waals surface area (Å²) >= 11 is 0. The molecule has 0 rings (SSSR count). The van der Waals surface area contributed by atoms with Crippen LogP contribution >= 0.6 is 12.4 Å². The minimum absolute atomic E-state index is 0. The van der Waals surface area contributed by atoms with Crippen molar-refractivity contribution in [2.45, 2.75) is 33.7 Å². The lowest BCUT2D eigenvalue weighted by Gasteiger charge is -2.25. The molecule has 6 heteroatoms. The molecule has 0 bridgehead atoms. The minimum Gasteiger partial charge on any atom is -0.465 e. The molecule has 0 radical (unpaired) electrons. The van der Waals surface area contributed by atoms with Gasteiger partial charge in [-0.2, -0.15) is 0 Å². The highest BCUT2D eigenvalue weighted by Gasteiger charge is 2.27. The summed E-state index contributed by atoms with van der Waals surface area (Å²) in [5, 5.41) is 2.44. The molecule has 0 unspecified atom stereocenters. The van der Waals surface area contributed by atoms with Gasteiger partial charge in [0.25, 0.3) is 0 Å². The molecular formula is C10H21ClN2O3. The number of carbonyl (C=O) groups is 2. The van der Waals surface area contributed by atoms with Gasteiger partial charge in [-0.15, -0.1) is 12.4 Å². The van der Waals surface area contributed by atoms with Gasteiger partial charge in [0.05, 0.1) is 12.6 Å². The molecule has 0 saturated heterocycles. The summed E-state index contributed by atoms with van der Waals surface area (Å²) in [4.78, 5) is 22.4. The monoisotopic (exact) mass is 252 g/mol. The maximum absolute atomic E-state index is 11.5. The molecule has 0 aromatic heterocycles. The molecule has 5 nitrogen and oxygen atoms in total. The van der Waals surface area contributed by atoms with Crippen LogP contribution in [0.2, 0.25) is 0 Å². The molecule has 16 heavy (non-hydrogen) atoms. The van der Waals surface area contributed by atoms with Gasteiger partial charge in [-0.1, -0.05) is 20.8 Å². The Bertz CT molecular complexity index is 239. The topological polar surface area (TPSA) is 81.4 Å². The van der Waals surface area contributed by atoms with Crippen LogP contribution in [0.15, 0.2) is 0 Å². The van der Waals surface area contributed by atoms with Gasteiger partial charge in [-0.05, 0) is 12.3 Å². The average molecular weight is 253 g/mol. The fourth-order valence-corrected chi connectivity index (χ4v) is 0.875. The zero-order valence-electron chi connectivity index (χ0n) is 10.2. The van der Waals surface area contributed by atoms with Gasteiger partial charge in [-0.3, -0.25) is 9.59 Å². The van der Waals surface area contributed by atoms with Gasteiger partial charge >= 0.3 is 5.97 Å². The first-order chi connectivity index (χ1) is 6.79. The van der Waals surface area contributed by atoms with E-state index in [1.54, 1.807) is 6.92 Å². The van der Waals surface area contributed by atoms with E-state index in [0.717, 1.165) is 0 Å². The number of hydrogen-bond donors (Lipinski definition) is 2. The molecule has 0 saturated carbocycles. The molecule has 0 aromatic carbocycles. The van der Waals surface area contributed by atoms with Crippen molar-refractivity contribution in [2.75, 3.05) is 13.2 Å². The number of carbonyl (C=O) groups excluding carboxylic acids is 2. The fraction of sp³-hybridized carbons (Fsp3) is 0.800. The van der Waals surface area contributed by atoms with Crippen molar-refractivity contribution in [3.05, 3.63) is 0 Å². The van der Waals surface area contributed by atoms with Crippen molar-refractivity contribution in [3.8, 4) is 0 Å². The number of amides is 1. The quantitative estimate of drug-likeness (QED) is 0.713. The Morgan fingerprint density at radius 3 is 2.25 bits per heavy atom. The van der Waals surface area contributed by atoms with Crippen molar-refractivity contribution >= 4 is 24.3 Å². The second-order valence-corrected chi connectivity index (χ2v) is 4.37. The molecule has 1 atom stereocenters. The normalized spacial score (nSPS) is 12.3. The van der Waals surface area contributed by atoms with Gasteiger partial charge in [-0.25, -0.2) is 0 Å². The van der Waals surface area contributed by atoms with Gasteiger partial charge in [0.15, 0.2) is 0 Å².